The Morgan fingerprint density at radius 2 is 1.97 bits per heavy atom. The highest BCUT2D eigenvalue weighted by atomic mass is 79.9. The summed E-state index contributed by atoms with van der Waals surface area (Å²) in [5, 5.41) is 12.6. The first-order valence-corrected chi connectivity index (χ1v) is 13.6. The average molecular weight is 600 g/mol. The number of allylic oxidation sites excluding steroid dienone is 1. The highest BCUT2D eigenvalue weighted by molar-refractivity contribution is 9.11. The highest BCUT2D eigenvalue weighted by Crippen LogP contribution is 2.42. The molecule has 8 heteroatoms. The number of halogens is 2. The Kier molecular flexibility index (Phi) is 5.29. The fraction of sp³-hybridized carbons (Fsp3) is 0.120. The molecule has 4 aromatic rings. The van der Waals surface area contributed by atoms with Crippen LogP contribution in [0.3, 0.4) is 0 Å². The van der Waals surface area contributed by atoms with Crippen molar-refractivity contribution < 1.29 is 5.11 Å². The molecule has 164 valence electrons. The second-order valence-electron chi connectivity index (χ2n) is 7.95. The van der Waals surface area contributed by atoms with Crippen LogP contribution in [0.1, 0.15) is 34.0 Å². The largest absolute Gasteiger partial charge is 0.506 e. The maximum Gasteiger partial charge on any atom is 0.271 e. The molecule has 0 fully saturated rings. The smallest absolute Gasteiger partial charge is 0.271 e. The maximum atomic E-state index is 13.7. The summed E-state index contributed by atoms with van der Waals surface area (Å²) in [7, 11) is 0. The van der Waals surface area contributed by atoms with Gasteiger partial charge in [0.05, 0.1) is 20.7 Å². The molecule has 1 aliphatic heterocycles. The Morgan fingerprint density at radius 1 is 1.12 bits per heavy atom. The van der Waals surface area contributed by atoms with Crippen molar-refractivity contribution in [2.45, 2.75) is 18.9 Å². The Balaban J connectivity index is 1.63. The van der Waals surface area contributed by atoms with E-state index >= 15 is 0 Å². The first kappa shape index (κ1) is 21.3. The lowest BCUT2D eigenvalue weighted by Crippen LogP contribution is -2.38. The minimum atomic E-state index is -0.158. The number of hydrogen-bond acceptors (Lipinski definition) is 5. The summed E-state index contributed by atoms with van der Waals surface area (Å²) in [6, 6.07) is 16.0. The standard InChI is InChI=1S/C25H16Br2N2O2S2/c26-15-10-14(23(30)18(27)12-15)11-20-24(31)29-22(19-6-3-9-32-19)17-8-7-13-4-1-2-5-16(13)21(17)28-25(29)33-20/h1-6,9-12,22,30H,7-8H2/b20-11+/t22-/m0/s1. The van der Waals surface area contributed by atoms with Gasteiger partial charge in [-0.15, -0.1) is 11.3 Å². The number of benzene rings is 2. The molecular formula is C25H16Br2N2O2S2. The molecule has 0 saturated carbocycles. The van der Waals surface area contributed by atoms with Crippen LogP contribution in [0.25, 0.3) is 11.8 Å². The monoisotopic (exact) mass is 598 g/mol. The van der Waals surface area contributed by atoms with Crippen molar-refractivity contribution in [2.75, 3.05) is 0 Å². The quantitative estimate of drug-likeness (QED) is 0.326. The second kappa shape index (κ2) is 8.20. The number of aromatic nitrogens is 1. The third kappa shape index (κ3) is 3.51. The van der Waals surface area contributed by atoms with Gasteiger partial charge in [0, 0.05) is 20.5 Å². The minimum absolute atomic E-state index is 0.0851. The topological polar surface area (TPSA) is 54.6 Å². The van der Waals surface area contributed by atoms with Crippen molar-refractivity contribution in [1.82, 2.24) is 4.57 Å². The number of aromatic hydroxyl groups is 1. The van der Waals surface area contributed by atoms with Gasteiger partial charge in [0.2, 0.25) is 0 Å². The number of phenols is 1. The van der Waals surface area contributed by atoms with Gasteiger partial charge in [0.15, 0.2) is 4.80 Å². The second-order valence-corrected chi connectivity index (χ2v) is 11.7. The molecule has 2 aliphatic rings. The van der Waals surface area contributed by atoms with E-state index in [0.29, 0.717) is 19.4 Å². The number of hydrogen-bond donors (Lipinski definition) is 1. The first-order valence-electron chi connectivity index (χ1n) is 10.4. The van der Waals surface area contributed by atoms with Crippen molar-refractivity contribution in [3.63, 3.8) is 0 Å². The predicted molar refractivity (Wildman–Crippen MR) is 141 cm³/mol. The van der Waals surface area contributed by atoms with Gasteiger partial charge < -0.3 is 5.11 Å². The van der Waals surface area contributed by atoms with Gasteiger partial charge >= 0.3 is 0 Å². The van der Waals surface area contributed by atoms with Gasteiger partial charge in [-0.05, 0) is 69.6 Å². The molecule has 3 heterocycles. The summed E-state index contributed by atoms with van der Waals surface area (Å²) in [5.41, 5.74) is 5.14. The van der Waals surface area contributed by atoms with Crippen molar-refractivity contribution in [3.8, 4) is 5.75 Å². The lowest BCUT2D eigenvalue weighted by Gasteiger charge is -2.30. The number of phenolic OH excluding ortho intramolecular Hbond substituents is 1. The van der Waals surface area contributed by atoms with Crippen LogP contribution in [0.15, 0.2) is 78.2 Å². The zero-order chi connectivity index (χ0) is 22.7. The van der Waals surface area contributed by atoms with Gasteiger partial charge in [0.1, 0.15) is 5.75 Å². The molecule has 33 heavy (non-hydrogen) atoms. The molecule has 0 spiro atoms. The highest BCUT2D eigenvalue weighted by Gasteiger charge is 2.33. The number of aryl methyl sites for hydroxylation is 1. The minimum Gasteiger partial charge on any atom is -0.506 e. The van der Waals surface area contributed by atoms with Gasteiger partial charge in [-0.3, -0.25) is 9.36 Å². The molecule has 1 N–H and O–H groups in total. The van der Waals surface area contributed by atoms with Crippen molar-refractivity contribution in [2.24, 2.45) is 4.99 Å². The van der Waals surface area contributed by atoms with Crippen LogP contribution in [-0.4, -0.2) is 9.67 Å². The normalized spacial score (nSPS) is 17.4. The Morgan fingerprint density at radius 3 is 2.79 bits per heavy atom. The molecule has 4 nitrogen and oxygen atoms in total. The molecule has 0 bridgehead atoms. The predicted octanol–water partition coefficient (Wildman–Crippen LogP) is 5.61. The van der Waals surface area contributed by atoms with Crippen LogP contribution < -0.4 is 14.9 Å². The summed E-state index contributed by atoms with van der Waals surface area (Å²) in [4.78, 5) is 20.5. The number of thiazole rings is 1. The van der Waals surface area contributed by atoms with E-state index in [-0.39, 0.29) is 17.4 Å². The van der Waals surface area contributed by atoms with E-state index in [4.69, 9.17) is 4.99 Å². The van der Waals surface area contributed by atoms with Gasteiger partial charge in [-0.2, -0.15) is 0 Å². The van der Waals surface area contributed by atoms with Crippen LogP contribution in [0.2, 0.25) is 0 Å². The third-order valence-corrected chi connectivity index (χ3v) is 9.00. The summed E-state index contributed by atoms with van der Waals surface area (Å²) >= 11 is 9.87. The molecule has 0 unspecified atom stereocenters. The van der Waals surface area contributed by atoms with E-state index in [1.54, 1.807) is 29.5 Å². The zero-order valence-electron chi connectivity index (χ0n) is 17.1. The average Bonchev–Trinajstić information content (AvgIpc) is 3.44. The van der Waals surface area contributed by atoms with E-state index in [2.05, 4.69) is 61.5 Å². The van der Waals surface area contributed by atoms with Crippen molar-refractivity contribution in [3.05, 3.63) is 110 Å². The fourth-order valence-corrected chi connectivity index (χ4v) is 7.65. The Bertz CT molecular complexity index is 1630. The van der Waals surface area contributed by atoms with E-state index in [1.165, 1.54) is 22.5 Å². The summed E-state index contributed by atoms with van der Waals surface area (Å²) in [6.45, 7) is 0. The summed E-state index contributed by atoms with van der Waals surface area (Å²) in [6.07, 6.45) is 3.56. The number of rotatable bonds is 2. The van der Waals surface area contributed by atoms with Gasteiger partial charge in [0.25, 0.3) is 5.56 Å². The molecule has 2 aromatic heterocycles. The van der Waals surface area contributed by atoms with Crippen LogP contribution >= 0.6 is 54.5 Å². The maximum absolute atomic E-state index is 13.7. The van der Waals surface area contributed by atoms with Crippen LogP contribution in [0.5, 0.6) is 5.75 Å². The molecule has 0 amide bonds. The van der Waals surface area contributed by atoms with E-state index in [9.17, 15) is 9.90 Å². The molecule has 0 radical (unpaired) electrons. The summed E-state index contributed by atoms with van der Waals surface area (Å²) < 4.78 is 3.76. The van der Waals surface area contributed by atoms with Crippen LogP contribution in [-0.2, 0) is 6.42 Å². The molecule has 1 aliphatic carbocycles. The Labute approximate surface area is 214 Å². The molecule has 1 atom stereocenters. The number of nitrogens with zero attached hydrogens (tertiary/aromatic N) is 2. The van der Waals surface area contributed by atoms with Crippen molar-refractivity contribution in [1.29, 1.82) is 0 Å². The third-order valence-electron chi connectivity index (χ3n) is 6.03. The van der Waals surface area contributed by atoms with E-state index in [0.717, 1.165) is 33.5 Å². The zero-order valence-corrected chi connectivity index (χ0v) is 21.9. The number of fused-ring (bicyclic) bond motifs is 3. The molecular weight excluding hydrogens is 584 g/mol. The fourth-order valence-electron chi connectivity index (χ4n) is 4.56. The van der Waals surface area contributed by atoms with Gasteiger partial charge in [-0.25, -0.2) is 4.99 Å². The SMILES string of the molecule is O=c1/c(=C\c2cc(Br)cc(Br)c2O)sc2n1[C@H](c1cccs1)C1=C(N=2)c2ccccc2CC1. The molecule has 6 rings (SSSR count). The van der Waals surface area contributed by atoms with E-state index < -0.39 is 0 Å². The molecule has 2 aromatic carbocycles. The first-order chi connectivity index (χ1) is 16.0. The van der Waals surface area contributed by atoms with Crippen LogP contribution in [0.4, 0.5) is 0 Å². The molecule has 0 saturated heterocycles. The van der Waals surface area contributed by atoms with Crippen LogP contribution in [0, 0.1) is 0 Å². The Hall–Kier alpha value is -2.26. The number of thiophene rings is 1. The van der Waals surface area contributed by atoms with Crippen molar-refractivity contribution >= 4 is 66.3 Å². The lowest BCUT2D eigenvalue weighted by molar-refractivity contribution is 0.470. The summed E-state index contributed by atoms with van der Waals surface area (Å²) in [5.74, 6) is 0.104. The van der Waals surface area contributed by atoms with E-state index in [1.807, 2.05) is 16.7 Å². The lowest BCUT2D eigenvalue weighted by atomic mass is 9.85. The van der Waals surface area contributed by atoms with Gasteiger partial charge in [-0.1, -0.05) is 57.6 Å².